The van der Waals surface area contributed by atoms with E-state index in [-0.39, 0.29) is 5.91 Å². The zero-order valence-electron chi connectivity index (χ0n) is 12.5. The molecule has 1 fully saturated rings. The molecule has 0 unspecified atom stereocenters. The highest BCUT2D eigenvalue weighted by molar-refractivity contribution is 6.06. The molecule has 1 amide bonds. The molecule has 1 aliphatic rings. The van der Waals surface area contributed by atoms with Crippen LogP contribution in [0.15, 0.2) is 36.5 Å². The van der Waals surface area contributed by atoms with E-state index in [0.717, 1.165) is 35.2 Å². The molecule has 3 heteroatoms. The van der Waals surface area contributed by atoms with Crippen molar-refractivity contribution in [2.75, 3.05) is 0 Å². The minimum Gasteiger partial charge on any atom is -0.349 e. The van der Waals surface area contributed by atoms with Crippen LogP contribution in [-0.2, 0) is 0 Å². The van der Waals surface area contributed by atoms with Crippen molar-refractivity contribution in [1.29, 1.82) is 0 Å². The fourth-order valence-corrected chi connectivity index (χ4v) is 3.28. The van der Waals surface area contributed by atoms with Crippen LogP contribution in [0, 0.1) is 5.92 Å². The molecule has 0 aliphatic heterocycles. The molecule has 21 heavy (non-hydrogen) atoms. The SMILES string of the molecule is CCC1CCC(NC(=O)c2cccc3ncccc23)CC1. The molecule has 0 radical (unpaired) electrons. The van der Waals surface area contributed by atoms with Crippen molar-refractivity contribution >= 4 is 16.8 Å². The Labute approximate surface area is 125 Å². The highest BCUT2D eigenvalue weighted by Gasteiger charge is 2.22. The van der Waals surface area contributed by atoms with Gasteiger partial charge in [0.1, 0.15) is 0 Å². The summed E-state index contributed by atoms with van der Waals surface area (Å²) in [5.41, 5.74) is 1.61. The Morgan fingerprint density at radius 2 is 2.00 bits per heavy atom. The van der Waals surface area contributed by atoms with Crippen LogP contribution in [0.4, 0.5) is 0 Å². The Balaban J connectivity index is 1.73. The van der Waals surface area contributed by atoms with Gasteiger partial charge in [-0.25, -0.2) is 0 Å². The van der Waals surface area contributed by atoms with E-state index >= 15 is 0 Å². The number of pyridine rings is 1. The summed E-state index contributed by atoms with van der Waals surface area (Å²) in [7, 11) is 0. The Kier molecular flexibility index (Phi) is 4.18. The zero-order chi connectivity index (χ0) is 14.7. The van der Waals surface area contributed by atoms with Crippen molar-refractivity contribution in [1.82, 2.24) is 10.3 Å². The maximum Gasteiger partial charge on any atom is 0.252 e. The number of fused-ring (bicyclic) bond motifs is 1. The molecule has 3 nitrogen and oxygen atoms in total. The van der Waals surface area contributed by atoms with Crippen molar-refractivity contribution in [3.8, 4) is 0 Å². The van der Waals surface area contributed by atoms with Gasteiger partial charge in [-0.15, -0.1) is 0 Å². The van der Waals surface area contributed by atoms with Gasteiger partial charge in [-0.3, -0.25) is 9.78 Å². The molecule has 110 valence electrons. The molecule has 1 N–H and O–H groups in total. The third-order valence-corrected chi connectivity index (χ3v) is 4.65. The number of hydrogen-bond donors (Lipinski definition) is 1. The zero-order valence-corrected chi connectivity index (χ0v) is 12.5. The lowest BCUT2D eigenvalue weighted by molar-refractivity contribution is 0.0923. The number of amides is 1. The fraction of sp³-hybridized carbons (Fsp3) is 0.444. The first-order chi connectivity index (χ1) is 10.3. The van der Waals surface area contributed by atoms with Gasteiger partial charge in [-0.2, -0.15) is 0 Å². The maximum absolute atomic E-state index is 12.5. The predicted molar refractivity (Wildman–Crippen MR) is 85.2 cm³/mol. The van der Waals surface area contributed by atoms with Crippen LogP contribution in [0.5, 0.6) is 0 Å². The molecule has 1 aliphatic carbocycles. The average molecular weight is 282 g/mol. The number of nitrogens with zero attached hydrogens (tertiary/aromatic N) is 1. The molecule has 2 aromatic rings. The summed E-state index contributed by atoms with van der Waals surface area (Å²) in [5, 5.41) is 4.14. The molecule has 0 saturated heterocycles. The minimum atomic E-state index is 0.0357. The van der Waals surface area contributed by atoms with Crippen molar-refractivity contribution in [3.05, 3.63) is 42.1 Å². The van der Waals surface area contributed by atoms with Crippen molar-refractivity contribution in [2.24, 2.45) is 5.92 Å². The Morgan fingerprint density at radius 1 is 1.19 bits per heavy atom. The Morgan fingerprint density at radius 3 is 2.76 bits per heavy atom. The second kappa shape index (κ2) is 6.25. The summed E-state index contributed by atoms with van der Waals surface area (Å²) < 4.78 is 0. The van der Waals surface area contributed by atoms with Crippen molar-refractivity contribution in [2.45, 2.75) is 45.1 Å². The molecule has 0 bridgehead atoms. The normalized spacial score (nSPS) is 22.1. The van der Waals surface area contributed by atoms with Gasteiger partial charge >= 0.3 is 0 Å². The number of benzene rings is 1. The summed E-state index contributed by atoms with van der Waals surface area (Å²) in [6.07, 6.45) is 7.70. The van der Waals surface area contributed by atoms with E-state index in [1.54, 1.807) is 6.20 Å². The topological polar surface area (TPSA) is 42.0 Å². The number of aromatic nitrogens is 1. The number of hydrogen-bond acceptors (Lipinski definition) is 2. The standard InChI is InChI=1S/C18H22N2O/c1-2-13-8-10-14(11-9-13)20-18(21)16-5-3-7-17-15(16)6-4-12-19-17/h3-7,12-14H,2,8-11H2,1H3,(H,20,21). The van der Waals surface area contributed by atoms with Gasteiger partial charge in [-0.1, -0.05) is 25.5 Å². The summed E-state index contributed by atoms with van der Waals surface area (Å²) >= 11 is 0. The van der Waals surface area contributed by atoms with Gasteiger partial charge in [-0.05, 0) is 49.8 Å². The van der Waals surface area contributed by atoms with Gasteiger partial charge < -0.3 is 5.32 Å². The van der Waals surface area contributed by atoms with Crippen LogP contribution in [0.25, 0.3) is 10.9 Å². The lowest BCUT2D eigenvalue weighted by Crippen LogP contribution is -2.37. The molecule has 1 saturated carbocycles. The molecule has 1 aromatic carbocycles. The van der Waals surface area contributed by atoms with E-state index in [1.807, 2.05) is 30.3 Å². The van der Waals surface area contributed by atoms with Crippen LogP contribution in [-0.4, -0.2) is 16.9 Å². The molecule has 0 spiro atoms. The third-order valence-electron chi connectivity index (χ3n) is 4.65. The first-order valence-electron chi connectivity index (χ1n) is 7.92. The van der Waals surface area contributed by atoms with Gasteiger partial charge in [0.25, 0.3) is 5.91 Å². The van der Waals surface area contributed by atoms with Crippen LogP contribution in [0.3, 0.4) is 0 Å². The number of carbonyl (C=O) groups excluding carboxylic acids is 1. The first-order valence-corrected chi connectivity index (χ1v) is 7.92. The molecule has 1 aromatic heterocycles. The number of nitrogens with one attached hydrogen (secondary N) is 1. The lowest BCUT2D eigenvalue weighted by atomic mass is 9.84. The minimum absolute atomic E-state index is 0.0357. The molecule has 3 rings (SSSR count). The fourth-order valence-electron chi connectivity index (χ4n) is 3.28. The lowest BCUT2D eigenvalue weighted by Gasteiger charge is -2.28. The molecule has 1 heterocycles. The van der Waals surface area contributed by atoms with E-state index < -0.39 is 0 Å². The number of carbonyl (C=O) groups is 1. The summed E-state index contributed by atoms with van der Waals surface area (Å²) in [5.74, 6) is 0.883. The van der Waals surface area contributed by atoms with E-state index in [2.05, 4.69) is 17.2 Å². The largest absolute Gasteiger partial charge is 0.349 e. The Bertz CT molecular complexity index is 625. The van der Waals surface area contributed by atoms with E-state index in [1.165, 1.54) is 19.3 Å². The molecular formula is C18H22N2O. The third kappa shape index (κ3) is 3.07. The smallest absolute Gasteiger partial charge is 0.252 e. The second-order valence-corrected chi connectivity index (χ2v) is 5.98. The van der Waals surface area contributed by atoms with E-state index in [9.17, 15) is 4.79 Å². The first kappa shape index (κ1) is 14.1. The molecular weight excluding hydrogens is 260 g/mol. The van der Waals surface area contributed by atoms with Crippen LogP contribution in [0.2, 0.25) is 0 Å². The van der Waals surface area contributed by atoms with Crippen LogP contribution >= 0.6 is 0 Å². The predicted octanol–water partition coefficient (Wildman–Crippen LogP) is 3.93. The van der Waals surface area contributed by atoms with Gasteiger partial charge in [0.05, 0.1) is 5.52 Å². The monoisotopic (exact) mass is 282 g/mol. The van der Waals surface area contributed by atoms with Crippen LogP contribution in [0.1, 0.15) is 49.4 Å². The van der Waals surface area contributed by atoms with E-state index in [0.29, 0.717) is 6.04 Å². The highest BCUT2D eigenvalue weighted by Crippen LogP contribution is 2.27. The summed E-state index contributed by atoms with van der Waals surface area (Å²) in [6.45, 7) is 2.26. The van der Waals surface area contributed by atoms with Crippen molar-refractivity contribution < 1.29 is 4.79 Å². The van der Waals surface area contributed by atoms with Gasteiger partial charge in [0, 0.05) is 23.2 Å². The van der Waals surface area contributed by atoms with Gasteiger partial charge in [0.15, 0.2) is 0 Å². The highest BCUT2D eigenvalue weighted by atomic mass is 16.1. The average Bonchev–Trinajstić information content (AvgIpc) is 2.55. The van der Waals surface area contributed by atoms with E-state index in [4.69, 9.17) is 0 Å². The summed E-state index contributed by atoms with van der Waals surface area (Å²) in [6, 6.07) is 9.90. The Hall–Kier alpha value is -1.90. The number of rotatable bonds is 3. The summed E-state index contributed by atoms with van der Waals surface area (Å²) in [4.78, 5) is 16.9. The van der Waals surface area contributed by atoms with Crippen molar-refractivity contribution in [3.63, 3.8) is 0 Å². The van der Waals surface area contributed by atoms with Crippen LogP contribution < -0.4 is 5.32 Å². The molecule has 0 atom stereocenters. The second-order valence-electron chi connectivity index (χ2n) is 5.98. The van der Waals surface area contributed by atoms with Gasteiger partial charge in [0.2, 0.25) is 0 Å². The quantitative estimate of drug-likeness (QED) is 0.926. The maximum atomic E-state index is 12.5.